The lowest BCUT2D eigenvalue weighted by molar-refractivity contribution is 0.352. The Morgan fingerprint density at radius 3 is 3.06 bits per heavy atom. The van der Waals surface area contributed by atoms with Gasteiger partial charge in [0.15, 0.2) is 0 Å². The van der Waals surface area contributed by atoms with Crippen LogP contribution in [0, 0.1) is 6.92 Å². The molecule has 2 aromatic rings. The third kappa shape index (κ3) is 2.02. The van der Waals surface area contributed by atoms with E-state index in [1.807, 2.05) is 30.8 Å². The highest BCUT2D eigenvalue weighted by Gasteiger charge is 2.31. The Bertz CT molecular complexity index is 557. The van der Waals surface area contributed by atoms with Gasteiger partial charge in [-0.3, -0.25) is 4.98 Å². The lowest BCUT2D eigenvalue weighted by Crippen LogP contribution is -2.26. The van der Waals surface area contributed by atoms with Crippen LogP contribution in [0.3, 0.4) is 0 Å². The van der Waals surface area contributed by atoms with Gasteiger partial charge in [0.1, 0.15) is 5.69 Å². The van der Waals surface area contributed by atoms with Crippen LogP contribution in [-0.2, 0) is 0 Å². The zero-order valence-corrected chi connectivity index (χ0v) is 10.9. The summed E-state index contributed by atoms with van der Waals surface area (Å²) >= 11 is 1.82. The summed E-state index contributed by atoms with van der Waals surface area (Å²) in [4.78, 5) is 8.73. The number of hydrogen-bond donors (Lipinski definition) is 1. The number of thioether (sulfide) groups is 1. The molecule has 0 radical (unpaired) electrons. The Morgan fingerprint density at radius 2 is 2.33 bits per heavy atom. The number of nitrogens with two attached hydrogens (primary N) is 1. The Kier molecular flexibility index (Phi) is 3.05. The maximum Gasteiger partial charge on any atom is 0.232 e. The van der Waals surface area contributed by atoms with E-state index < -0.39 is 0 Å². The third-order valence-corrected chi connectivity index (χ3v) is 4.32. The number of aryl methyl sites for hydroxylation is 1. The van der Waals surface area contributed by atoms with Crippen molar-refractivity contribution in [2.24, 2.45) is 5.73 Å². The Labute approximate surface area is 109 Å². The summed E-state index contributed by atoms with van der Waals surface area (Å²) in [6.07, 6.45) is 1.73. The van der Waals surface area contributed by atoms with Gasteiger partial charge < -0.3 is 10.3 Å². The van der Waals surface area contributed by atoms with Crippen molar-refractivity contribution in [3.63, 3.8) is 0 Å². The second-order valence-corrected chi connectivity index (χ2v) is 5.51. The molecule has 3 rings (SSSR count). The highest BCUT2D eigenvalue weighted by Crippen LogP contribution is 2.31. The summed E-state index contributed by atoms with van der Waals surface area (Å²) in [5, 5.41) is 4.01. The predicted octanol–water partition coefficient (Wildman–Crippen LogP) is 1.60. The van der Waals surface area contributed by atoms with E-state index in [1.165, 1.54) is 0 Å². The first kappa shape index (κ1) is 11.7. The van der Waals surface area contributed by atoms with Crippen molar-refractivity contribution in [2.75, 3.05) is 11.5 Å². The average molecular weight is 262 g/mol. The number of rotatable bonds is 2. The van der Waals surface area contributed by atoms with Gasteiger partial charge in [-0.25, -0.2) is 0 Å². The van der Waals surface area contributed by atoms with Crippen LogP contribution in [0.5, 0.6) is 0 Å². The number of hydrogen-bond acceptors (Lipinski definition) is 6. The Hall–Kier alpha value is -1.40. The Balaban J connectivity index is 1.92. The molecule has 1 aliphatic rings. The van der Waals surface area contributed by atoms with Crippen LogP contribution in [0.2, 0.25) is 0 Å². The van der Waals surface area contributed by atoms with Gasteiger partial charge in [0.2, 0.25) is 11.7 Å². The van der Waals surface area contributed by atoms with Crippen molar-refractivity contribution >= 4 is 11.8 Å². The first-order valence-corrected chi connectivity index (χ1v) is 7.00. The maximum atomic E-state index is 6.02. The van der Waals surface area contributed by atoms with Crippen LogP contribution in [0.15, 0.2) is 22.9 Å². The zero-order valence-electron chi connectivity index (χ0n) is 10.0. The van der Waals surface area contributed by atoms with Crippen molar-refractivity contribution in [3.8, 4) is 11.5 Å². The quantitative estimate of drug-likeness (QED) is 0.885. The van der Waals surface area contributed by atoms with E-state index in [2.05, 4.69) is 15.1 Å². The van der Waals surface area contributed by atoms with Crippen LogP contribution >= 0.6 is 11.8 Å². The van der Waals surface area contributed by atoms with E-state index in [9.17, 15) is 0 Å². The molecule has 1 fully saturated rings. The molecule has 6 heteroatoms. The van der Waals surface area contributed by atoms with Crippen LogP contribution < -0.4 is 5.73 Å². The van der Waals surface area contributed by atoms with E-state index >= 15 is 0 Å². The first-order valence-electron chi connectivity index (χ1n) is 5.84. The second-order valence-electron chi connectivity index (χ2n) is 4.43. The van der Waals surface area contributed by atoms with Crippen molar-refractivity contribution < 1.29 is 4.52 Å². The molecule has 2 N–H and O–H groups in total. The van der Waals surface area contributed by atoms with Gasteiger partial charge in [-0.05, 0) is 18.6 Å². The lowest BCUT2D eigenvalue weighted by atomic mass is 10.1. The van der Waals surface area contributed by atoms with E-state index in [0.29, 0.717) is 11.7 Å². The van der Waals surface area contributed by atoms with Gasteiger partial charge in [0, 0.05) is 23.7 Å². The Morgan fingerprint density at radius 1 is 1.44 bits per heavy atom. The highest BCUT2D eigenvalue weighted by atomic mass is 32.2. The SMILES string of the molecule is Cc1cccnc1-c1noc(C2CSCC2N)n1. The monoisotopic (exact) mass is 262 g/mol. The van der Waals surface area contributed by atoms with Gasteiger partial charge in [0.25, 0.3) is 0 Å². The van der Waals surface area contributed by atoms with Gasteiger partial charge in [-0.15, -0.1) is 0 Å². The zero-order chi connectivity index (χ0) is 12.5. The molecule has 0 spiro atoms. The summed E-state index contributed by atoms with van der Waals surface area (Å²) in [5.41, 5.74) is 7.83. The van der Waals surface area contributed by atoms with Crippen LogP contribution in [-0.4, -0.2) is 32.7 Å². The summed E-state index contributed by atoms with van der Waals surface area (Å²) in [6, 6.07) is 3.98. The molecule has 2 atom stereocenters. The topological polar surface area (TPSA) is 77.8 Å². The molecule has 1 aliphatic heterocycles. The molecule has 0 bridgehead atoms. The minimum absolute atomic E-state index is 0.105. The normalized spacial score (nSPS) is 23.4. The third-order valence-electron chi connectivity index (χ3n) is 3.10. The van der Waals surface area contributed by atoms with Gasteiger partial charge >= 0.3 is 0 Å². The predicted molar refractivity (Wildman–Crippen MR) is 70.3 cm³/mol. The van der Waals surface area contributed by atoms with Crippen molar-refractivity contribution in [1.29, 1.82) is 0 Å². The molecule has 1 saturated heterocycles. The lowest BCUT2D eigenvalue weighted by Gasteiger charge is -2.07. The standard InChI is InChI=1S/C12H14N4OS/c1-7-3-2-4-14-10(7)11-15-12(17-16-11)8-5-18-6-9(8)13/h2-4,8-9H,5-6,13H2,1H3. The molecule has 94 valence electrons. The molecule has 5 nitrogen and oxygen atoms in total. The number of nitrogens with zero attached hydrogens (tertiary/aromatic N) is 3. The summed E-state index contributed by atoms with van der Waals surface area (Å²) < 4.78 is 5.33. The first-order chi connectivity index (χ1) is 8.75. The van der Waals surface area contributed by atoms with Crippen molar-refractivity contribution in [2.45, 2.75) is 18.9 Å². The van der Waals surface area contributed by atoms with E-state index in [4.69, 9.17) is 10.3 Å². The van der Waals surface area contributed by atoms with Gasteiger partial charge in [-0.1, -0.05) is 11.2 Å². The van der Waals surface area contributed by atoms with E-state index in [1.54, 1.807) is 6.20 Å². The van der Waals surface area contributed by atoms with Crippen molar-refractivity contribution in [1.82, 2.24) is 15.1 Å². The molecule has 0 amide bonds. The van der Waals surface area contributed by atoms with Crippen molar-refractivity contribution in [3.05, 3.63) is 29.8 Å². The molecule has 0 aliphatic carbocycles. The fourth-order valence-electron chi connectivity index (χ4n) is 2.03. The average Bonchev–Trinajstić information content (AvgIpc) is 2.98. The minimum atomic E-state index is 0.105. The molecule has 2 unspecified atom stereocenters. The number of pyridine rings is 1. The van der Waals surface area contributed by atoms with Crippen LogP contribution in [0.25, 0.3) is 11.5 Å². The minimum Gasteiger partial charge on any atom is -0.339 e. The fourth-order valence-corrected chi connectivity index (χ4v) is 3.31. The summed E-state index contributed by atoms with van der Waals surface area (Å²) in [5.74, 6) is 3.25. The molecule has 2 aromatic heterocycles. The van der Waals surface area contributed by atoms with Crippen LogP contribution in [0.1, 0.15) is 17.4 Å². The van der Waals surface area contributed by atoms with Crippen LogP contribution in [0.4, 0.5) is 0 Å². The molecular formula is C12H14N4OS. The smallest absolute Gasteiger partial charge is 0.232 e. The maximum absolute atomic E-state index is 6.02. The second kappa shape index (κ2) is 4.70. The molecule has 0 aromatic carbocycles. The van der Waals surface area contributed by atoms with E-state index in [0.717, 1.165) is 22.8 Å². The molecular weight excluding hydrogens is 248 g/mol. The van der Waals surface area contributed by atoms with E-state index in [-0.39, 0.29) is 12.0 Å². The number of aromatic nitrogens is 3. The summed E-state index contributed by atoms with van der Waals surface area (Å²) in [7, 11) is 0. The highest BCUT2D eigenvalue weighted by molar-refractivity contribution is 7.99. The summed E-state index contributed by atoms with van der Waals surface area (Å²) in [6.45, 7) is 1.98. The fraction of sp³-hybridized carbons (Fsp3) is 0.417. The molecule has 3 heterocycles. The van der Waals surface area contributed by atoms with Gasteiger partial charge in [0.05, 0.1) is 5.92 Å². The van der Waals surface area contributed by atoms with Gasteiger partial charge in [-0.2, -0.15) is 16.7 Å². The molecule has 0 saturated carbocycles. The largest absolute Gasteiger partial charge is 0.339 e. The molecule has 18 heavy (non-hydrogen) atoms.